The second kappa shape index (κ2) is 9.00. The van der Waals surface area contributed by atoms with E-state index in [0.29, 0.717) is 25.5 Å². The fourth-order valence-electron chi connectivity index (χ4n) is 2.75. The van der Waals surface area contributed by atoms with Gasteiger partial charge in [-0.3, -0.25) is 9.59 Å². The summed E-state index contributed by atoms with van der Waals surface area (Å²) < 4.78 is 12.4. The Morgan fingerprint density at radius 3 is 2.59 bits per heavy atom. The summed E-state index contributed by atoms with van der Waals surface area (Å²) in [5.41, 5.74) is 0.914. The predicted molar refractivity (Wildman–Crippen MR) is 102 cm³/mol. The number of rotatable bonds is 8. The van der Waals surface area contributed by atoms with Crippen molar-refractivity contribution in [3.63, 3.8) is 0 Å². The predicted octanol–water partition coefficient (Wildman–Crippen LogP) is 2.78. The number of benzene rings is 1. The molecule has 0 spiro atoms. The van der Waals surface area contributed by atoms with E-state index in [-0.39, 0.29) is 23.8 Å². The quantitative estimate of drug-likeness (QED) is 0.615. The molecule has 0 unspecified atom stereocenters. The maximum absolute atomic E-state index is 12.9. The van der Waals surface area contributed by atoms with Crippen molar-refractivity contribution in [1.82, 2.24) is 9.47 Å². The molecule has 1 aromatic carbocycles. The Bertz CT molecular complexity index is 930. The van der Waals surface area contributed by atoms with Gasteiger partial charge in [0.25, 0.3) is 11.5 Å². The SMILES string of the molecule is COCCN(Cc1ccccc1)C(=O)c1ccc(Cn2ccccc2=O)o1. The molecular weight excluding hydrogens is 344 g/mol. The number of carbonyl (C=O) groups excluding carboxylic acids is 1. The molecule has 0 aliphatic heterocycles. The fraction of sp³-hybridized carbons (Fsp3) is 0.238. The minimum Gasteiger partial charge on any atom is -0.454 e. The average molecular weight is 366 g/mol. The molecule has 2 aromatic heterocycles. The van der Waals surface area contributed by atoms with Gasteiger partial charge in [0.15, 0.2) is 5.76 Å². The Balaban J connectivity index is 1.74. The van der Waals surface area contributed by atoms with Gasteiger partial charge >= 0.3 is 0 Å². The number of methoxy groups -OCH3 is 1. The number of furan rings is 1. The molecule has 3 aromatic rings. The van der Waals surface area contributed by atoms with Crippen molar-refractivity contribution in [3.05, 3.63) is 94.3 Å². The monoisotopic (exact) mass is 366 g/mol. The second-order valence-electron chi connectivity index (χ2n) is 6.14. The van der Waals surface area contributed by atoms with Crippen molar-refractivity contribution in [2.75, 3.05) is 20.3 Å². The Kier molecular flexibility index (Phi) is 6.22. The van der Waals surface area contributed by atoms with Gasteiger partial charge < -0.3 is 18.6 Å². The third-order valence-corrected chi connectivity index (χ3v) is 4.17. The van der Waals surface area contributed by atoms with Crippen LogP contribution in [-0.2, 0) is 17.8 Å². The molecule has 0 saturated carbocycles. The van der Waals surface area contributed by atoms with E-state index in [1.807, 2.05) is 30.3 Å². The standard InChI is InChI=1S/C21H22N2O4/c1-26-14-13-23(15-17-7-3-2-4-8-17)21(25)19-11-10-18(27-19)16-22-12-6-5-9-20(22)24/h2-12H,13-16H2,1H3. The zero-order chi connectivity index (χ0) is 19.1. The van der Waals surface area contributed by atoms with Crippen LogP contribution in [0.2, 0.25) is 0 Å². The summed E-state index contributed by atoms with van der Waals surface area (Å²) in [6, 6.07) is 18.1. The number of hydrogen-bond donors (Lipinski definition) is 0. The minimum absolute atomic E-state index is 0.118. The molecule has 0 fully saturated rings. The molecule has 140 valence electrons. The molecule has 27 heavy (non-hydrogen) atoms. The minimum atomic E-state index is -0.206. The zero-order valence-corrected chi connectivity index (χ0v) is 15.2. The molecule has 2 heterocycles. The summed E-state index contributed by atoms with van der Waals surface area (Å²) in [6.07, 6.45) is 1.69. The van der Waals surface area contributed by atoms with Crippen molar-refractivity contribution in [2.45, 2.75) is 13.1 Å². The molecule has 6 nitrogen and oxygen atoms in total. The van der Waals surface area contributed by atoms with Crippen LogP contribution in [0.3, 0.4) is 0 Å². The fourth-order valence-corrected chi connectivity index (χ4v) is 2.75. The van der Waals surface area contributed by atoms with Gasteiger partial charge in [-0.25, -0.2) is 0 Å². The second-order valence-corrected chi connectivity index (χ2v) is 6.14. The van der Waals surface area contributed by atoms with Crippen LogP contribution in [0.25, 0.3) is 0 Å². The van der Waals surface area contributed by atoms with E-state index in [0.717, 1.165) is 5.56 Å². The largest absolute Gasteiger partial charge is 0.454 e. The lowest BCUT2D eigenvalue weighted by molar-refractivity contribution is 0.0647. The first-order valence-electron chi connectivity index (χ1n) is 8.73. The lowest BCUT2D eigenvalue weighted by atomic mass is 10.2. The van der Waals surface area contributed by atoms with Gasteiger partial charge in [0.1, 0.15) is 5.76 Å². The van der Waals surface area contributed by atoms with Crippen LogP contribution in [0.1, 0.15) is 21.9 Å². The Hall–Kier alpha value is -3.12. The highest BCUT2D eigenvalue weighted by atomic mass is 16.5. The highest BCUT2D eigenvalue weighted by Crippen LogP contribution is 2.14. The highest BCUT2D eigenvalue weighted by molar-refractivity contribution is 5.91. The maximum atomic E-state index is 12.9. The summed E-state index contributed by atoms with van der Waals surface area (Å²) in [6.45, 7) is 1.64. The van der Waals surface area contributed by atoms with Crippen LogP contribution >= 0.6 is 0 Å². The van der Waals surface area contributed by atoms with Crippen molar-refractivity contribution in [3.8, 4) is 0 Å². The topological polar surface area (TPSA) is 64.7 Å². The third-order valence-electron chi connectivity index (χ3n) is 4.17. The lowest BCUT2D eigenvalue weighted by Crippen LogP contribution is -2.33. The summed E-state index contributed by atoms with van der Waals surface area (Å²) in [4.78, 5) is 26.4. The molecule has 0 saturated heterocycles. The van der Waals surface area contributed by atoms with E-state index in [1.54, 1.807) is 42.5 Å². The van der Waals surface area contributed by atoms with Crippen molar-refractivity contribution >= 4 is 5.91 Å². The van der Waals surface area contributed by atoms with Crippen LogP contribution in [0.15, 0.2) is 76.1 Å². The molecule has 0 N–H and O–H groups in total. The lowest BCUT2D eigenvalue weighted by Gasteiger charge is -2.21. The number of aromatic nitrogens is 1. The summed E-state index contributed by atoms with van der Waals surface area (Å²) in [5, 5.41) is 0. The Morgan fingerprint density at radius 1 is 1.07 bits per heavy atom. The van der Waals surface area contributed by atoms with Crippen LogP contribution < -0.4 is 5.56 Å². The smallest absolute Gasteiger partial charge is 0.289 e. The van der Waals surface area contributed by atoms with Gasteiger partial charge in [0.05, 0.1) is 13.2 Å². The third kappa shape index (κ3) is 4.95. The average Bonchev–Trinajstić information content (AvgIpc) is 3.16. The summed E-state index contributed by atoms with van der Waals surface area (Å²) >= 11 is 0. The van der Waals surface area contributed by atoms with Crippen LogP contribution in [-0.4, -0.2) is 35.6 Å². The number of amides is 1. The first kappa shape index (κ1) is 18.7. The summed E-state index contributed by atoms with van der Waals surface area (Å²) in [7, 11) is 1.60. The molecule has 6 heteroatoms. The van der Waals surface area contributed by atoms with E-state index >= 15 is 0 Å². The Labute approximate surface area is 157 Å². The van der Waals surface area contributed by atoms with Gasteiger partial charge in [-0.1, -0.05) is 36.4 Å². The highest BCUT2D eigenvalue weighted by Gasteiger charge is 2.19. The zero-order valence-electron chi connectivity index (χ0n) is 15.2. The number of carbonyl (C=O) groups is 1. The van der Waals surface area contributed by atoms with Gasteiger partial charge in [-0.15, -0.1) is 0 Å². The van der Waals surface area contributed by atoms with E-state index in [9.17, 15) is 9.59 Å². The Morgan fingerprint density at radius 2 is 1.85 bits per heavy atom. The van der Waals surface area contributed by atoms with Crippen molar-refractivity contribution < 1.29 is 13.9 Å². The first-order valence-corrected chi connectivity index (χ1v) is 8.73. The molecule has 0 aliphatic rings. The number of ether oxygens (including phenoxy) is 1. The van der Waals surface area contributed by atoms with Crippen LogP contribution in [0.5, 0.6) is 0 Å². The molecule has 0 aliphatic carbocycles. The van der Waals surface area contributed by atoms with E-state index in [4.69, 9.17) is 9.15 Å². The number of hydrogen-bond acceptors (Lipinski definition) is 4. The first-order chi connectivity index (χ1) is 13.2. The molecular formula is C21H22N2O4. The molecule has 3 rings (SSSR count). The van der Waals surface area contributed by atoms with Gasteiger partial charge in [0, 0.05) is 32.5 Å². The normalized spacial score (nSPS) is 10.7. The number of pyridine rings is 1. The molecule has 1 amide bonds. The van der Waals surface area contributed by atoms with E-state index < -0.39 is 0 Å². The van der Waals surface area contributed by atoms with Crippen molar-refractivity contribution in [1.29, 1.82) is 0 Å². The number of nitrogens with zero attached hydrogens (tertiary/aromatic N) is 2. The van der Waals surface area contributed by atoms with E-state index in [2.05, 4.69) is 0 Å². The van der Waals surface area contributed by atoms with Gasteiger partial charge in [-0.2, -0.15) is 0 Å². The molecule has 0 radical (unpaired) electrons. The maximum Gasteiger partial charge on any atom is 0.289 e. The van der Waals surface area contributed by atoms with Crippen LogP contribution in [0, 0.1) is 0 Å². The molecule has 0 bridgehead atoms. The van der Waals surface area contributed by atoms with E-state index in [1.165, 1.54) is 10.6 Å². The molecule has 0 atom stereocenters. The van der Waals surface area contributed by atoms with Crippen LogP contribution in [0.4, 0.5) is 0 Å². The van der Waals surface area contributed by atoms with Gasteiger partial charge in [-0.05, 0) is 23.8 Å². The summed E-state index contributed by atoms with van der Waals surface area (Å²) in [5.74, 6) is 0.599. The van der Waals surface area contributed by atoms with Gasteiger partial charge in [0.2, 0.25) is 0 Å². The van der Waals surface area contributed by atoms with Crippen molar-refractivity contribution in [2.24, 2.45) is 0 Å².